The summed E-state index contributed by atoms with van der Waals surface area (Å²) in [5, 5.41) is 10.3. The lowest BCUT2D eigenvalue weighted by Crippen LogP contribution is -1.98. The fourth-order valence-corrected chi connectivity index (χ4v) is 2.60. The first-order valence-electron chi connectivity index (χ1n) is 4.42. The summed E-state index contributed by atoms with van der Waals surface area (Å²) in [6, 6.07) is 2.10. The molecule has 2 aromatic rings. The van der Waals surface area contributed by atoms with Gasteiger partial charge in [-0.25, -0.2) is 4.68 Å². The number of halogens is 2. The van der Waals surface area contributed by atoms with Crippen molar-refractivity contribution in [2.45, 2.75) is 18.3 Å². The van der Waals surface area contributed by atoms with Crippen molar-refractivity contribution < 1.29 is 0 Å². The molecule has 0 amide bonds. The zero-order valence-corrected chi connectivity index (χ0v) is 12.0. The van der Waals surface area contributed by atoms with Crippen molar-refractivity contribution in [1.29, 1.82) is 0 Å². The van der Waals surface area contributed by atoms with E-state index in [-0.39, 0.29) is 4.83 Å². The van der Waals surface area contributed by atoms with Crippen LogP contribution in [0, 0.1) is 0 Å². The Labute approximate surface area is 109 Å². The topological polar surface area (TPSA) is 30.7 Å². The highest BCUT2D eigenvalue weighted by atomic mass is 79.9. The van der Waals surface area contributed by atoms with Crippen molar-refractivity contribution in [3.8, 4) is 0 Å². The Hall–Kier alpha value is -0.200. The predicted molar refractivity (Wildman–Crippen MR) is 68.5 cm³/mol. The van der Waals surface area contributed by atoms with E-state index < -0.39 is 0 Å². The van der Waals surface area contributed by atoms with Crippen molar-refractivity contribution in [1.82, 2.24) is 15.0 Å². The van der Waals surface area contributed by atoms with Crippen LogP contribution in [0.2, 0.25) is 0 Å². The monoisotopic (exact) mass is 349 g/mol. The van der Waals surface area contributed by atoms with Crippen LogP contribution in [0.25, 0.3) is 0 Å². The molecule has 0 fully saturated rings. The molecule has 0 spiro atoms. The Morgan fingerprint density at radius 1 is 1.60 bits per heavy atom. The van der Waals surface area contributed by atoms with Crippen LogP contribution in [0.3, 0.4) is 0 Å². The largest absolute Gasteiger partial charge is 0.248 e. The van der Waals surface area contributed by atoms with Crippen molar-refractivity contribution >= 4 is 43.2 Å². The van der Waals surface area contributed by atoms with Crippen LogP contribution >= 0.6 is 43.2 Å². The molecule has 0 radical (unpaired) electrons. The molecule has 2 aromatic heterocycles. The fraction of sp³-hybridized carbons (Fsp3) is 0.333. The lowest BCUT2D eigenvalue weighted by Gasteiger charge is -1.96. The molecular weight excluding hydrogens is 342 g/mol. The summed E-state index contributed by atoms with van der Waals surface area (Å²) in [5.74, 6) is 0. The van der Waals surface area contributed by atoms with Crippen LogP contribution in [0.5, 0.6) is 0 Å². The predicted octanol–water partition coefficient (Wildman–Crippen LogP) is 3.61. The summed E-state index contributed by atoms with van der Waals surface area (Å²) in [5.41, 5.74) is 2.20. The van der Waals surface area contributed by atoms with Gasteiger partial charge in [-0.05, 0) is 39.9 Å². The van der Waals surface area contributed by atoms with E-state index in [1.807, 2.05) is 17.8 Å². The molecule has 1 atom stereocenters. The molecular formula is C9H9Br2N3S. The van der Waals surface area contributed by atoms with Crippen LogP contribution in [-0.2, 0) is 6.54 Å². The molecule has 0 bridgehead atoms. The zero-order valence-electron chi connectivity index (χ0n) is 8.02. The number of hydrogen-bond donors (Lipinski definition) is 0. The summed E-state index contributed by atoms with van der Waals surface area (Å²) >= 11 is 8.59. The summed E-state index contributed by atoms with van der Waals surface area (Å²) < 4.78 is 2.99. The standard InChI is InChI=1S/C9H9Br2N3S/c1-6(10)8-4-14(13-12-8)3-7-2-9(11)15-5-7/h2,4-6H,3H2,1H3. The Bertz CT molecular complexity index is 450. The van der Waals surface area contributed by atoms with Gasteiger partial charge in [0.25, 0.3) is 0 Å². The van der Waals surface area contributed by atoms with Gasteiger partial charge in [-0.2, -0.15) is 0 Å². The van der Waals surface area contributed by atoms with Crippen molar-refractivity contribution in [2.24, 2.45) is 0 Å². The molecule has 0 saturated heterocycles. The van der Waals surface area contributed by atoms with Gasteiger partial charge >= 0.3 is 0 Å². The first-order chi connectivity index (χ1) is 7.15. The molecule has 0 aliphatic carbocycles. The fourth-order valence-electron chi connectivity index (χ4n) is 1.19. The van der Waals surface area contributed by atoms with Gasteiger partial charge in [-0.1, -0.05) is 21.1 Å². The van der Waals surface area contributed by atoms with Gasteiger partial charge in [0.15, 0.2) is 0 Å². The first kappa shape index (κ1) is 11.3. The molecule has 15 heavy (non-hydrogen) atoms. The van der Waals surface area contributed by atoms with E-state index in [0.717, 1.165) is 16.0 Å². The van der Waals surface area contributed by atoms with Gasteiger partial charge in [0.2, 0.25) is 0 Å². The normalized spacial score (nSPS) is 13.0. The minimum absolute atomic E-state index is 0.250. The summed E-state index contributed by atoms with van der Waals surface area (Å²) in [4.78, 5) is 0.250. The highest BCUT2D eigenvalue weighted by molar-refractivity contribution is 9.11. The van der Waals surface area contributed by atoms with Gasteiger partial charge in [0.05, 0.1) is 20.9 Å². The van der Waals surface area contributed by atoms with Gasteiger partial charge in [0.1, 0.15) is 0 Å². The lowest BCUT2D eigenvalue weighted by atomic mass is 10.3. The minimum Gasteiger partial charge on any atom is -0.248 e. The minimum atomic E-state index is 0.250. The van der Waals surface area contributed by atoms with Crippen LogP contribution in [0.4, 0.5) is 0 Å². The van der Waals surface area contributed by atoms with Gasteiger partial charge in [-0.3, -0.25) is 0 Å². The maximum Gasteiger partial charge on any atom is 0.0960 e. The maximum atomic E-state index is 4.08. The third-order valence-electron chi connectivity index (χ3n) is 1.93. The first-order valence-corrected chi connectivity index (χ1v) is 7.01. The molecule has 0 N–H and O–H groups in total. The van der Waals surface area contributed by atoms with Gasteiger partial charge < -0.3 is 0 Å². The van der Waals surface area contributed by atoms with Crippen molar-refractivity contribution in [2.75, 3.05) is 0 Å². The number of hydrogen-bond acceptors (Lipinski definition) is 3. The van der Waals surface area contributed by atoms with E-state index in [1.165, 1.54) is 5.56 Å². The SMILES string of the molecule is CC(Br)c1cn(Cc2csc(Br)c2)nn1. The molecule has 0 aromatic carbocycles. The molecule has 6 heteroatoms. The molecule has 0 saturated carbocycles. The van der Waals surface area contributed by atoms with Gasteiger partial charge in [0, 0.05) is 6.20 Å². The summed E-state index contributed by atoms with van der Waals surface area (Å²) in [6.45, 7) is 2.81. The average molecular weight is 351 g/mol. The molecule has 80 valence electrons. The van der Waals surface area contributed by atoms with E-state index in [1.54, 1.807) is 11.3 Å². The van der Waals surface area contributed by atoms with Crippen LogP contribution in [0.15, 0.2) is 21.4 Å². The smallest absolute Gasteiger partial charge is 0.0960 e. The molecule has 0 aliphatic rings. The summed E-state index contributed by atoms with van der Waals surface area (Å²) in [6.07, 6.45) is 1.96. The Kier molecular flexibility index (Phi) is 3.58. The molecule has 0 aliphatic heterocycles. The second kappa shape index (κ2) is 4.76. The summed E-state index contributed by atoms with van der Waals surface area (Å²) in [7, 11) is 0. The van der Waals surface area contributed by atoms with E-state index >= 15 is 0 Å². The van der Waals surface area contributed by atoms with E-state index in [4.69, 9.17) is 0 Å². The van der Waals surface area contributed by atoms with E-state index in [0.29, 0.717) is 0 Å². The quantitative estimate of drug-likeness (QED) is 0.792. The van der Waals surface area contributed by atoms with Crippen LogP contribution in [-0.4, -0.2) is 15.0 Å². The van der Waals surface area contributed by atoms with Crippen LogP contribution in [0.1, 0.15) is 23.0 Å². The number of thiophene rings is 1. The number of aromatic nitrogens is 3. The molecule has 2 rings (SSSR count). The van der Waals surface area contributed by atoms with Crippen molar-refractivity contribution in [3.05, 3.63) is 32.7 Å². The third-order valence-corrected chi connectivity index (χ3v) is 3.95. The van der Waals surface area contributed by atoms with E-state index in [2.05, 4.69) is 53.6 Å². The molecule has 3 nitrogen and oxygen atoms in total. The Balaban J connectivity index is 2.11. The Morgan fingerprint density at radius 2 is 2.40 bits per heavy atom. The number of rotatable bonds is 3. The van der Waals surface area contributed by atoms with Gasteiger partial charge in [-0.15, -0.1) is 16.4 Å². The maximum absolute atomic E-state index is 4.08. The second-order valence-corrected chi connectivity index (χ2v) is 6.88. The average Bonchev–Trinajstić information content (AvgIpc) is 2.76. The highest BCUT2D eigenvalue weighted by Crippen LogP contribution is 2.22. The Morgan fingerprint density at radius 3 is 2.93 bits per heavy atom. The lowest BCUT2D eigenvalue weighted by molar-refractivity contribution is 0.650. The molecule has 1 unspecified atom stereocenters. The van der Waals surface area contributed by atoms with Crippen LogP contribution < -0.4 is 0 Å². The molecule has 2 heterocycles. The van der Waals surface area contributed by atoms with E-state index in [9.17, 15) is 0 Å². The second-order valence-electron chi connectivity index (χ2n) is 3.22. The zero-order chi connectivity index (χ0) is 10.8. The van der Waals surface area contributed by atoms with Crippen molar-refractivity contribution in [3.63, 3.8) is 0 Å². The number of nitrogens with zero attached hydrogens (tertiary/aromatic N) is 3. The third kappa shape index (κ3) is 2.89. The highest BCUT2D eigenvalue weighted by Gasteiger charge is 2.06. The number of alkyl halides is 1.